The summed E-state index contributed by atoms with van der Waals surface area (Å²) in [6.07, 6.45) is 1.40. The van der Waals surface area contributed by atoms with Crippen molar-refractivity contribution in [1.82, 2.24) is 9.55 Å². The molecule has 0 aliphatic carbocycles. The van der Waals surface area contributed by atoms with Gasteiger partial charge in [-0.25, -0.2) is 9.78 Å². The first kappa shape index (κ1) is 18.2. The maximum atomic E-state index is 12.7. The third-order valence-electron chi connectivity index (χ3n) is 4.58. The fraction of sp³-hybridized carbons (Fsp3) is 0.190. The highest BCUT2D eigenvalue weighted by atomic mass is 32.1. The van der Waals surface area contributed by atoms with Crippen LogP contribution in [-0.2, 0) is 6.54 Å². The van der Waals surface area contributed by atoms with Gasteiger partial charge in [-0.1, -0.05) is 12.1 Å². The second-order valence-electron chi connectivity index (χ2n) is 6.25. The topological polar surface area (TPSA) is 81.4 Å². The summed E-state index contributed by atoms with van der Waals surface area (Å²) < 4.78 is 8.63. The molecule has 2 aromatic carbocycles. The van der Waals surface area contributed by atoms with Gasteiger partial charge in [0.25, 0.3) is 0 Å². The first-order valence-corrected chi connectivity index (χ1v) is 9.78. The fourth-order valence-electron chi connectivity index (χ4n) is 3.26. The molecule has 0 bridgehead atoms. The number of para-hydroxylation sites is 1. The Hall–Kier alpha value is -3.19. The van der Waals surface area contributed by atoms with Crippen molar-refractivity contribution in [2.45, 2.75) is 20.4 Å². The molecule has 0 unspecified atom stereocenters. The van der Waals surface area contributed by atoms with Crippen LogP contribution in [0.2, 0.25) is 0 Å². The van der Waals surface area contributed by atoms with E-state index in [-0.39, 0.29) is 5.56 Å². The third kappa shape index (κ3) is 2.93. The largest absolute Gasteiger partial charge is 0.493 e. The van der Waals surface area contributed by atoms with Gasteiger partial charge in [0.1, 0.15) is 16.3 Å². The maximum Gasteiger partial charge on any atom is 0.341 e. The summed E-state index contributed by atoms with van der Waals surface area (Å²) >= 11 is 1.55. The maximum absolute atomic E-state index is 12.7. The van der Waals surface area contributed by atoms with Crippen LogP contribution in [0, 0.1) is 0 Å². The molecule has 0 spiro atoms. The Bertz CT molecular complexity index is 1240. The van der Waals surface area contributed by atoms with Crippen molar-refractivity contribution in [3.63, 3.8) is 0 Å². The summed E-state index contributed by atoms with van der Waals surface area (Å²) in [6, 6.07) is 11.4. The summed E-state index contributed by atoms with van der Waals surface area (Å²) in [5, 5.41) is 10.5. The normalized spacial score (nSPS) is 11.2. The number of aromatic nitrogens is 2. The molecule has 28 heavy (non-hydrogen) atoms. The first-order valence-electron chi connectivity index (χ1n) is 8.96. The van der Waals surface area contributed by atoms with Crippen LogP contribution in [0.15, 0.2) is 47.4 Å². The zero-order valence-corrected chi connectivity index (χ0v) is 16.2. The van der Waals surface area contributed by atoms with Crippen molar-refractivity contribution in [3.05, 3.63) is 58.4 Å². The minimum atomic E-state index is -1.23. The second kappa shape index (κ2) is 7.09. The van der Waals surface area contributed by atoms with Gasteiger partial charge in [-0.3, -0.25) is 4.79 Å². The van der Waals surface area contributed by atoms with Crippen molar-refractivity contribution < 1.29 is 14.6 Å². The van der Waals surface area contributed by atoms with E-state index in [1.54, 1.807) is 22.0 Å². The van der Waals surface area contributed by atoms with Gasteiger partial charge in [0.15, 0.2) is 0 Å². The highest BCUT2D eigenvalue weighted by molar-refractivity contribution is 7.21. The highest BCUT2D eigenvalue weighted by Crippen LogP contribution is 2.38. The summed E-state index contributed by atoms with van der Waals surface area (Å²) in [5.41, 5.74) is 1.60. The Labute approximate surface area is 164 Å². The molecule has 0 aliphatic rings. The number of carboxylic acid groups (broad SMARTS) is 1. The predicted octanol–water partition coefficient (Wildman–Crippen LogP) is 4.40. The Balaban J connectivity index is 2.05. The average Bonchev–Trinajstić information content (AvgIpc) is 3.12. The standard InChI is InChI=1S/C21H18N2O4S/c1-3-23-11-14(21(25)26)19(24)12-10-17(27-4-2)13(9-16(12)23)20-22-15-7-5-6-8-18(15)28-20/h5-11H,3-4H2,1-2H3,(H,25,26). The van der Waals surface area contributed by atoms with E-state index >= 15 is 0 Å². The number of aryl methyl sites for hydroxylation is 1. The molecule has 4 rings (SSSR count). The highest BCUT2D eigenvalue weighted by Gasteiger charge is 2.19. The number of pyridine rings is 1. The smallest absolute Gasteiger partial charge is 0.341 e. The molecule has 0 saturated heterocycles. The van der Waals surface area contributed by atoms with Crippen LogP contribution in [0.4, 0.5) is 0 Å². The fourth-order valence-corrected chi connectivity index (χ4v) is 4.25. The number of rotatable bonds is 5. The molecule has 2 aromatic heterocycles. The molecule has 0 saturated carbocycles. The molecule has 0 fully saturated rings. The van der Waals surface area contributed by atoms with Gasteiger partial charge in [0.2, 0.25) is 5.43 Å². The van der Waals surface area contributed by atoms with Crippen LogP contribution in [0.5, 0.6) is 5.75 Å². The van der Waals surface area contributed by atoms with Crippen LogP contribution in [0.3, 0.4) is 0 Å². The SMILES string of the molecule is CCOc1cc2c(=O)c(C(=O)O)cn(CC)c2cc1-c1nc2ccccc2s1. The number of nitrogens with zero attached hydrogens (tertiary/aromatic N) is 2. The van der Waals surface area contributed by atoms with Crippen LogP contribution in [0.1, 0.15) is 24.2 Å². The van der Waals surface area contributed by atoms with Gasteiger partial charge in [-0.15, -0.1) is 11.3 Å². The van der Waals surface area contributed by atoms with Crippen LogP contribution in [0.25, 0.3) is 31.7 Å². The number of ether oxygens (including phenoxy) is 1. The Kier molecular flexibility index (Phi) is 4.60. The van der Waals surface area contributed by atoms with E-state index in [4.69, 9.17) is 9.72 Å². The van der Waals surface area contributed by atoms with Crippen molar-refractivity contribution in [2.24, 2.45) is 0 Å². The predicted molar refractivity (Wildman–Crippen MR) is 111 cm³/mol. The number of hydrogen-bond donors (Lipinski definition) is 1. The lowest BCUT2D eigenvalue weighted by atomic mass is 10.1. The van der Waals surface area contributed by atoms with Crippen LogP contribution < -0.4 is 10.2 Å². The molecule has 4 aromatic rings. The molecule has 142 valence electrons. The molecule has 7 heteroatoms. The van der Waals surface area contributed by atoms with E-state index in [2.05, 4.69) is 0 Å². The van der Waals surface area contributed by atoms with Gasteiger partial charge < -0.3 is 14.4 Å². The van der Waals surface area contributed by atoms with Crippen molar-refractivity contribution in [1.29, 1.82) is 0 Å². The van der Waals surface area contributed by atoms with Gasteiger partial charge in [-0.05, 0) is 38.1 Å². The van der Waals surface area contributed by atoms with Crippen molar-refractivity contribution in [2.75, 3.05) is 6.61 Å². The number of fused-ring (bicyclic) bond motifs is 2. The summed E-state index contributed by atoms with van der Waals surface area (Å²) in [7, 11) is 0. The lowest BCUT2D eigenvalue weighted by Crippen LogP contribution is -2.19. The molecule has 0 amide bonds. The molecule has 0 atom stereocenters. The van der Waals surface area contributed by atoms with E-state index in [1.807, 2.05) is 44.2 Å². The van der Waals surface area contributed by atoms with Gasteiger partial charge in [0.05, 0.1) is 33.3 Å². The third-order valence-corrected chi connectivity index (χ3v) is 5.65. The minimum Gasteiger partial charge on any atom is -0.493 e. The summed E-state index contributed by atoms with van der Waals surface area (Å²) in [5.74, 6) is -0.710. The van der Waals surface area contributed by atoms with Gasteiger partial charge in [0, 0.05) is 12.7 Å². The van der Waals surface area contributed by atoms with E-state index in [0.717, 1.165) is 20.8 Å². The minimum absolute atomic E-state index is 0.246. The van der Waals surface area contributed by atoms with E-state index in [9.17, 15) is 14.7 Å². The Morgan fingerprint density at radius 2 is 2.04 bits per heavy atom. The first-order chi connectivity index (χ1) is 13.5. The Morgan fingerprint density at radius 3 is 2.71 bits per heavy atom. The van der Waals surface area contributed by atoms with Crippen LogP contribution in [-0.4, -0.2) is 27.2 Å². The molecule has 6 nitrogen and oxygen atoms in total. The zero-order valence-electron chi connectivity index (χ0n) is 15.4. The average molecular weight is 394 g/mol. The number of carbonyl (C=O) groups is 1. The summed E-state index contributed by atoms with van der Waals surface area (Å²) in [6.45, 7) is 4.72. The number of hydrogen-bond acceptors (Lipinski definition) is 5. The zero-order chi connectivity index (χ0) is 19.8. The van der Waals surface area contributed by atoms with Crippen molar-refractivity contribution in [3.8, 4) is 16.3 Å². The molecule has 0 radical (unpaired) electrons. The lowest BCUT2D eigenvalue weighted by Gasteiger charge is -2.14. The molecular weight excluding hydrogens is 376 g/mol. The van der Waals surface area contributed by atoms with Gasteiger partial charge in [-0.2, -0.15) is 0 Å². The number of benzene rings is 2. The number of carboxylic acids is 1. The number of aromatic carboxylic acids is 1. The second-order valence-corrected chi connectivity index (χ2v) is 7.28. The van der Waals surface area contributed by atoms with E-state index < -0.39 is 11.4 Å². The molecular formula is C21H18N2O4S. The Morgan fingerprint density at radius 1 is 1.25 bits per heavy atom. The molecule has 1 N–H and O–H groups in total. The van der Waals surface area contributed by atoms with Gasteiger partial charge >= 0.3 is 5.97 Å². The quantitative estimate of drug-likeness (QED) is 0.543. The van der Waals surface area contributed by atoms with E-state index in [0.29, 0.717) is 29.8 Å². The lowest BCUT2D eigenvalue weighted by molar-refractivity contribution is 0.0695. The van der Waals surface area contributed by atoms with E-state index in [1.165, 1.54) is 6.20 Å². The van der Waals surface area contributed by atoms with Crippen molar-refractivity contribution >= 4 is 38.4 Å². The molecule has 0 aliphatic heterocycles. The van der Waals surface area contributed by atoms with Crippen LogP contribution >= 0.6 is 11.3 Å². The number of thiazole rings is 1. The monoisotopic (exact) mass is 394 g/mol. The molecule has 2 heterocycles. The summed E-state index contributed by atoms with van der Waals surface area (Å²) in [4.78, 5) is 28.9.